The van der Waals surface area contributed by atoms with E-state index in [-0.39, 0.29) is 5.82 Å². The summed E-state index contributed by atoms with van der Waals surface area (Å²) >= 11 is 0. The van der Waals surface area contributed by atoms with Crippen LogP contribution in [0.25, 0.3) is 10.4 Å². The minimum atomic E-state index is -2.22. The van der Waals surface area contributed by atoms with Crippen molar-refractivity contribution < 1.29 is 23.8 Å². The molecule has 3 N–H and O–H groups in total. The van der Waals surface area contributed by atoms with Crippen molar-refractivity contribution in [3.63, 3.8) is 0 Å². The third kappa shape index (κ3) is 3.55. The van der Waals surface area contributed by atoms with E-state index in [9.17, 15) is 19.1 Å². The molecule has 2 rings (SSSR count). The number of carbonyl (C=O) groups excluding carboxylic acids is 1. The van der Waals surface area contributed by atoms with Gasteiger partial charge in [-0.1, -0.05) is 19.0 Å². The maximum absolute atomic E-state index is 14.5. The zero-order valence-corrected chi connectivity index (χ0v) is 13.4. The van der Waals surface area contributed by atoms with E-state index >= 15 is 0 Å². The summed E-state index contributed by atoms with van der Waals surface area (Å²) in [6, 6.07) is 1.23. The predicted molar refractivity (Wildman–Crippen MR) is 81.6 cm³/mol. The number of aliphatic hydroxyl groups excluding tert-OH is 1. The molecule has 0 unspecified atom stereocenters. The number of aliphatic hydroxyl groups is 1. The molecular weight excluding hydrogens is 339 g/mol. The van der Waals surface area contributed by atoms with Gasteiger partial charge in [0, 0.05) is 11.1 Å². The maximum Gasteiger partial charge on any atom is 0.351 e. The van der Waals surface area contributed by atoms with E-state index in [0.717, 1.165) is 10.8 Å². The minimum Gasteiger partial charge on any atom is -0.462 e. The fraction of sp³-hybridized carbons (Fsp3) is 0.615. The normalized spacial score (nSPS) is 28.6. The van der Waals surface area contributed by atoms with Crippen molar-refractivity contribution in [2.45, 2.75) is 38.1 Å². The molecule has 4 atom stereocenters. The molecule has 12 heteroatoms. The van der Waals surface area contributed by atoms with E-state index in [1.807, 2.05) is 0 Å². The van der Waals surface area contributed by atoms with E-state index < -0.39 is 48.4 Å². The number of nitrogens with two attached hydrogens (primary N) is 1. The maximum atomic E-state index is 14.5. The van der Waals surface area contributed by atoms with Crippen LogP contribution in [0.1, 0.15) is 20.1 Å². The zero-order chi connectivity index (χ0) is 18.8. The van der Waals surface area contributed by atoms with Crippen LogP contribution in [0.5, 0.6) is 0 Å². The van der Waals surface area contributed by atoms with E-state index in [1.54, 1.807) is 13.8 Å². The molecule has 2 heterocycles. The lowest BCUT2D eigenvalue weighted by atomic mass is 10.1. The number of carbonyl (C=O) groups is 1. The highest BCUT2D eigenvalue weighted by Gasteiger charge is 2.57. The van der Waals surface area contributed by atoms with Gasteiger partial charge in [-0.05, 0) is 11.6 Å². The Morgan fingerprint density at radius 3 is 2.96 bits per heavy atom. The van der Waals surface area contributed by atoms with Crippen molar-refractivity contribution >= 4 is 11.8 Å². The minimum absolute atomic E-state index is 0.0811. The molecule has 0 saturated carbocycles. The molecule has 1 aliphatic heterocycles. The number of hydrogen-bond acceptors (Lipinski definition) is 8. The van der Waals surface area contributed by atoms with Crippen molar-refractivity contribution in [3.8, 4) is 0 Å². The van der Waals surface area contributed by atoms with Gasteiger partial charge in [-0.15, -0.1) is 0 Å². The summed E-state index contributed by atoms with van der Waals surface area (Å²) < 4.78 is 25.5. The number of aromatic nitrogens is 2. The lowest BCUT2D eigenvalue weighted by Crippen LogP contribution is -2.45. The Bertz CT molecular complexity index is 764. The standard InChI is InChI=1S/C13H17FN6O5/c1-6(2)11(22)24-5-13(18-19-16)9(21)8(14)10(25-13)20-4-3-7(15)17-12(20)23/h3-4,6,8-10,21H,5H2,1-2H3,(H2,15,17,23)/t8-,9+,10-,13-/m1/s1. The van der Waals surface area contributed by atoms with Gasteiger partial charge >= 0.3 is 11.7 Å². The molecule has 1 aliphatic rings. The predicted octanol–water partition coefficient (Wildman–Crippen LogP) is 0.259. The van der Waals surface area contributed by atoms with Crippen LogP contribution in [0.4, 0.5) is 10.2 Å². The second kappa shape index (κ2) is 7.05. The number of nitrogen functional groups attached to an aromatic ring is 1. The van der Waals surface area contributed by atoms with Gasteiger partial charge in [0.2, 0.25) is 5.72 Å². The van der Waals surface area contributed by atoms with Crippen molar-refractivity contribution in [2.24, 2.45) is 11.0 Å². The quantitative estimate of drug-likeness (QED) is 0.330. The summed E-state index contributed by atoms with van der Waals surface area (Å²) in [6.45, 7) is 2.41. The van der Waals surface area contributed by atoms with Gasteiger partial charge in [-0.2, -0.15) is 4.98 Å². The van der Waals surface area contributed by atoms with Crippen LogP contribution in [0.15, 0.2) is 22.2 Å². The van der Waals surface area contributed by atoms with Crippen LogP contribution >= 0.6 is 0 Å². The molecule has 0 spiro atoms. The molecule has 1 aromatic rings. The molecular formula is C13H17FN6O5. The first-order valence-corrected chi connectivity index (χ1v) is 7.29. The molecule has 0 aliphatic carbocycles. The zero-order valence-electron chi connectivity index (χ0n) is 13.4. The topological polar surface area (TPSA) is 165 Å². The summed E-state index contributed by atoms with van der Waals surface area (Å²) in [5, 5.41) is 13.4. The Hall–Kier alpha value is -2.69. The molecule has 0 radical (unpaired) electrons. The first kappa shape index (κ1) is 18.6. The van der Waals surface area contributed by atoms with Crippen LogP contribution in [0, 0.1) is 5.92 Å². The largest absolute Gasteiger partial charge is 0.462 e. The molecule has 0 bridgehead atoms. The molecule has 136 valence electrons. The first-order chi connectivity index (χ1) is 11.7. The Labute approximate surface area is 140 Å². The van der Waals surface area contributed by atoms with Crippen LogP contribution < -0.4 is 11.4 Å². The average molecular weight is 356 g/mol. The van der Waals surface area contributed by atoms with Crippen LogP contribution in [-0.4, -0.2) is 45.2 Å². The molecule has 0 amide bonds. The van der Waals surface area contributed by atoms with Crippen LogP contribution in [0.2, 0.25) is 0 Å². The summed E-state index contributed by atoms with van der Waals surface area (Å²) in [5.41, 5.74) is 11.0. The first-order valence-electron chi connectivity index (χ1n) is 7.29. The van der Waals surface area contributed by atoms with E-state index in [2.05, 4.69) is 15.0 Å². The number of alkyl halides is 1. The van der Waals surface area contributed by atoms with Crippen LogP contribution in [0.3, 0.4) is 0 Å². The van der Waals surface area contributed by atoms with Crippen molar-refractivity contribution in [1.82, 2.24) is 9.55 Å². The molecule has 1 aromatic heterocycles. The van der Waals surface area contributed by atoms with Gasteiger partial charge in [0.1, 0.15) is 18.5 Å². The summed E-state index contributed by atoms with van der Waals surface area (Å²) in [6.07, 6.45) is -4.64. The second-order valence-electron chi connectivity index (χ2n) is 5.74. The third-order valence-corrected chi connectivity index (χ3v) is 3.59. The van der Waals surface area contributed by atoms with Crippen molar-refractivity contribution in [3.05, 3.63) is 33.2 Å². The summed E-state index contributed by atoms with van der Waals surface area (Å²) in [7, 11) is 0. The molecule has 25 heavy (non-hydrogen) atoms. The SMILES string of the molecule is CC(C)C(=O)OC[C@@]1(N=[N+]=[N-])O[C@@H](n2ccc(N)nc2=O)[C@H](F)[C@@H]1O. The number of esters is 1. The van der Waals surface area contributed by atoms with Crippen LogP contribution in [-0.2, 0) is 14.3 Å². The number of hydrogen-bond donors (Lipinski definition) is 2. The molecule has 1 saturated heterocycles. The van der Waals surface area contributed by atoms with E-state index in [4.69, 9.17) is 20.7 Å². The number of anilines is 1. The Morgan fingerprint density at radius 1 is 1.72 bits per heavy atom. The van der Waals surface area contributed by atoms with Gasteiger partial charge < -0.3 is 20.3 Å². The van der Waals surface area contributed by atoms with Gasteiger partial charge in [-0.25, -0.2) is 9.18 Å². The highest BCUT2D eigenvalue weighted by atomic mass is 19.1. The van der Waals surface area contributed by atoms with E-state index in [0.29, 0.717) is 0 Å². The Kier molecular flexibility index (Phi) is 5.26. The Balaban J connectivity index is 2.34. The van der Waals surface area contributed by atoms with Gasteiger partial charge in [-0.3, -0.25) is 9.36 Å². The van der Waals surface area contributed by atoms with Crippen molar-refractivity contribution in [1.29, 1.82) is 0 Å². The highest BCUT2D eigenvalue weighted by Crippen LogP contribution is 2.40. The fourth-order valence-corrected chi connectivity index (χ4v) is 2.23. The van der Waals surface area contributed by atoms with Gasteiger partial charge in [0.25, 0.3) is 0 Å². The molecule has 1 fully saturated rings. The number of halogens is 1. The Morgan fingerprint density at radius 2 is 2.40 bits per heavy atom. The van der Waals surface area contributed by atoms with Gasteiger partial charge in [0.15, 0.2) is 12.4 Å². The summed E-state index contributed by atoms with van der Waals surface area (Å²) in [4.78, 5) is 29.4. The van der Waals surface area contributed by atoms with Crippen molar-refractivity contribution in [2.75, 3.05) is 12.3 Å². The van der Waals surface area contributed by atoms with E-state index in [1.165, 1.54) is 6.07 Å². The number of nitrogens with zero attached hydrogens (tertiary/aromatic N) is 5. The highest BCUT2D eigenvalue weighted by molar-refractivity contribution is 5.71. The third-order valence-electron chi connectivity index (χ3n) is 3.59. The second-order valence-corrected chi connectivity index (χ2v) is 5.74. The summed E-state index contributed by atoms with van der Waals surface area (Å²) in [5.74, 6) is -1.24. The number of azide groups is 1. The lowest BCUT2D eigenvalue weighted by molar-refractivity contribution is -0.168. The monoisotopic (exact) mass is 356 g/mol. The smallest absolute Gasteiger partial charge is 0.351 e. The number of ether oxygens (including phenoxy) is 2. The van der Waals surface area contributed by atoms with Gasteiger partial charge in [0.05, 0.1) is 5.92 Å². The molecule has 0 aromatic carbocycles. The molecule has 11 nitrogen and oxygen atoms in total. The average Bonchev–Trinajstić information content (AvgIpc) is 2.78. The fourth-order valence-electron chi connectivity index (χ4n) is 2.23. The lowest BCUT2D eigenvalue weighted by Gasteiger charge is -2.26. The number of rotatable bonds is 5.